The number of nitrogens with zero attached hydrogens (tertiary/aromatic N) is 1. The van der Waals surface area contributed by atoms with E-state index in [-0.39, 0.29) is 10.3 Å². The van der Waals surface area contributed by atoms with E-state index in [0.29, 0.717) is 6.54 Å². The second-order valence-corrected chi connectivity index (χ2v) is 7.11. The molecular weight excluding hydrogens is 278 g/mol. The first-order valence-corrected chi connectivity index (χ1v) is 7.92. The normalized spacial score (nSPS) is 17.6. The number of aromatic amines is 1. The summed E-state index contributed by atoms with van der Waals surface area (Å²) < 4.78 is 26.3. The van der Waals surface area contributed by atoms with Gasteiger partial charge in [0.15, 0.2) is 5.03 Å². The van der Waals surface area contributed by atoms with Crippen LogP contribution in [0, 0.1) is 0 Å². The van der Waals surface area contributed by atoms with E-state index in [1.165, 1.54) is 0 Å². The summed E-state index contributed by atoms with van der Waals surface area (Å²) in [5.74, 6) is -1.32. The van der Waals surface area contributed by atoms with Crippen molar-refractivity contribution in [3.8, 4) is 0 Å². The summed E-state index contributed by atoms with van der Waals surface area (Å²) in [5.41, 5.74) is -0.350. The van der Waals surface area contributed by atoms with Gasteiger partial charge in [-0.1, -0.05) is 0 Å². The molecule has 1 aromatic heterocycles. The lowest BCUT2D eigenvalue weighted by atomic mass is 10.4. The van der Waals surface area contributed by atoms with E-state index in [4.69, 9.17) is 5.11 Å². The molecule has 1 saturated carbocycles. The first kappa shape index (κ1) is 13.4. The van der Waals surface area contributed by atoms with Gasteiger partial charge in [-0.2, -0.15) is 16.9 Å². The zero-order valence-corrected chi connectivity index (χ0v) is 11.3. The predicted molar refractivity (Wildman–Crippen MR) is 66.2 cm³/mol. The van der Waals surface area contributed by atoms with E-state index in [0.717, 1.165) is 19.0 Å². The molecule has 0 aliphatic heterocycles. The van der Waals surface area contributed by atoms with Crippen molar-refractivity contribution in [2.75, 3.05) is 12.8 Å². The largest absolute Gasteiger partial charge is 0.478 e. The number of aromatic nitrogens is 2. The van der Waals surface area contributed by atoms with Gasteiger partial charge in [0.2, 0.25) is 0 Å². The van der Waals surface area contributed by atoms with Crippen LogP contribution in [0.3, 0.4) is 0 Å². The van der Waals surface area contributed by atoms with Crippen LogP contribution in [0.25, 0.3) is 0 Å². The molecule has 7 nitrogen and oxygen atoms in total. The molecule has 0 bridgehead atoms. The molecule has 18 heavy (non-hydrogen) atoms. The second kappa shape index (κ2) is 4.56. The summed E-state index contributed by atoms with van der Waals surface area (Å²) >= 11 is 1.62. The first-order valence-electron chi connectivity index (χ1n) is 5.22. The zero-order chi connectivity index (χ0) is 13.4. The van der Waals surface area contributed by atoms with Crippen molar-refractivity contribution in [1.82, 2.24) is 14.9 Å². The summed E-state index contributed by atoms with van der Waals surface area (Å²) in [7, 11) is -3.86. The molecule has 0 atom stereocenters. The Bertz CT molecular complexity index is 562. The smallest absolute Gasteiger partial charge is 0.340 e. The maximum absolute atomic E-state index is 12.0. The van der Waals surface area contributed by atoms with Gasteiger partial charge in [-0.15, -0.1) is 0 Å². The van der Waals surface area contributed by atoms with Gasteiger partial charge in [-0.05, 0) is 19.1 Å². The van der Waals surface area contributed by atoms with Crippen molar-refractivity contribution in [3.63, 3.8) is 0 Å². The minimum Gasteiger partial charge on any atom is -0.478 e. The standard InChI is InChI=1S/C9H13N3O4S2/c1-17-9(2-3-9)5-11-18(15,16)7-6(8(13)14)4-10-12-7/h4,11H,2-3,5H2,1H3,(H,10,12)(H,13,14). The van der Waals surface area contributed by atoms with Crippen LogP contribution in [0.15, 0.2) is 11.2 Å². The first-order chi connectivity index (χ1) is 8.40. The fraction of sp³-hybridized carbons (Fsp3) is 0.556. The summed E-state index contributed by atoms with van der Waals surface area (Å²) in [4.78, 5) is 10.8. The van der Waals surface area contributed by atoms with Gasteiger partial charge < -0.3 is 5.11 Å². The Hall–Kier alpha value is -1.06. The number of carboxylic acids is 1. The Labute approximate surface area is 108 Å². The minimum absolute atomic E-state index is 0.0313. The van der Waals surface area contributed by atoms with Crippen molar-refractivity contribution in [1.29, 1.82) is 0 Å². The number of sulfonamides is 1. The molecule has 0 saturated heterocycles. The molecule has 1 heterocycles. The molecular formula is C9H13N3O4S2. The van der Waals surface area contributed by atoms with Crippen molar-refractivity contribution >= 4 is 27.8 Å². The van der Waals surface area contributed by atoms with Crippen LogP contribution in [0.2, 0.25) is 0 Å². The quantitative estimate of drug-likeness (QED) is 0.694. The van der Waals surface area contributed by atoms with E-state index in [9.17, 15) is 13.2 Å². The Morgan fingerprint density at radius 1 is 1.67 bits per heavy atom. The summed E-state index contributed by atoms with van der Waals surface area (Å²) in [5, 5.41) is 14.1. The summed E-state index contributed by atoms with van der Waals surface area (Å²) in [6, 6.07) is 0. The minimum atomic E-state index is -3.86. The Kier molecular flexibility index (Phi) is 3.39. The van der Waals surface area contributed by atoms with E-state index in [1.807, 2.05) is 6.26 Å². The van der Waals surface area contributed by atoms with Gasteiger partial charge >= 0.3 is 5.97 Å². The maximum atomic E-state index is 12.0. The number of rotatable bonds is 6. The van der Waals surface area contributed by atoms with Gasteiger partial charge in [0.25, 0.3) is 10.0 Å². The van der Waals surface area contributed by atoms with Crippen molar-refractivity contribution < 1.29 is 18.3 Å². The molecule has 1 fully saturated rings. The monoisotopic (exact) mass is 291 g/mol. The molecule has 1 aliphatic carbocycles. The van der Waals surface area contributed by atoms with Crippen molar-refractivity contribution in [2.24, 2.45) is 0 Å². The lowest BCUT2D eigenvalue weighted by molar-refractivity contribution is 0.0692. The molecule has 9 heteroatoms. The SMILES string of the molecule is CSC1(CNS(=O)(=O)c2[nH]ncc2C(=O)O)CC1. The highest BCUT2D eigenvalue weighted by Gasteiger charge is 2.43. The third kappa shape index (κ3) is 2.52. The van der Waals surface area contributed by atoms with Crippen molar-refractivity contribution in [3.05, 3.63) is 11.8 Å². The number of hydrogen-bond donors (Lipinski definition) is 3. The molecule has 1 aromatic rings. The Morgan fingerprint density at radius 3 is 2.83 bits per heavy atom. The van der Waals surface area contributed by atoms with E-state index in [1.54, 1.807) is 11.8 Å². The summed E-state index contributed by atoms with van der Waals surface area (Å²) in [6.45, 7) is 0.300. The zero-order valence-electron chi connectivity index (χ0n) is 9.63. The Morgan fingerprint density at radius 2 is 2.33 bits per heavy atom. The van der Waals surface area contributed by atoms with E-state index in [2.05, 4.69) is 14.9 Å². The van der Waals surface area contributed by atoms with E-state index >= 15 is 0 Å². The molecule has 100 valence electrons. The number of carboxylic acid groups (broad SMARTS) is 1. The van der Waals surface area contributed by atoms with Gasteiger partial charge in [0.1, 0.15) is 5.56 Å². The average molecular weight is 291 g/mol. The number of hydrogen-bond acceptors (Lipinski definition) is 5. The fourth-order valence-electron chi connectivity index (χ4n) is 1.52. The molecule has 2 rings (SSSR count). The van der Waals surface area contributed by atoms with Crippen LogP contribution in [-0.2, 0) is 10.0 Å². The number of carbonyl (C=O) groups is 1. The van der Waals surface area contributed by atoms with Gasteiger partial charge in [0, 0.05) is 11.3 Å². The van der Waals surface area contributed by atoms with Crippen LogP contribution < -0.4 is 4.72 Å². The fourth-order valence-corrected chi connectivity index (χ4v) is 3.55. The van der Waals surface area contributed by atoms with Crippen LogP contribution in [0.5, 0.6) is 0 Å². The third-order valence-electron chi connectivity index (χ3n) is 2.93. The van der Waals surface area contributed by atoms with Gasteiger partial charge in [-0.3, -0.25) is 5.10 Å². The van der Waals surface area contributed by atoms with E-state index < -0.39 is 21.0 Å². The third-order valence-corrected chi connectivity index (χ3v) is 5.72. The van der Waals surface area contributed by atoms with Crippen molar-refractivity contribution in [2.45, 2.75) is 22.6 Å². The summed E-state index contributed by atoms with van der Waals surface area (Å²) in [6.07, 6.45) is 4.84. The molecule has 0 radical (unpaired) electrons. The topological polar surface area (TPSA) is 112 Å². The van der Waals surface area contributed by atoms with Crippen LogP contribution in [0.4, 0.5) is 0 Å². The highest BCUT2D eigenvalue weighted by Crippen LogP contribution is 2.46. The van der Waals surface area contributed by atoms with Gasteiger partial charge in [0.05, 0.1) is 6.20 Å². The number of H-pyrrole nitrogens is 1. The lowest BCUT2D eigenvalue weighted by Gasteiger charge is -2.12. The Balaban J connectivity index is 2.15. The highest BCUT2D eigenvalue weighted by atomic mass is 32.2. The predicted octanol–water partition coefficient (Wildman–Crippen LogP) is 0.282. The molecule has 0 spiro atoms. The number of nitrogens with one attached hydrogen (secondary N) is 2. The molecule has 0 unspecified atom stereocenters. The highest BCUT2D eigenvalue weighted by molar-refractivity contribution is 8.00. The average Bonchev–Trinajstić information content (AvgIpc) is 2.91. The number of aromatic carboxylic acids is 1. The molecule has 1 aliphatic rings. The lowest BCUT2D eigenvalue weighted by Crippen LogP contribution is -2.32. The molecule has 0 aromatic carbocycles. The van der Waals surface area contributed by atoms with Crippen LogP contribution in [0.1, 0.15) is 23.2 Å². The van der Waals surface area contributed by atoms with Gasteiger partial charge in [-0.25, -0.2) is 17.9 Å². The molecule has 3 N–H and O–H groups in total. The van der Waals surface area contributed by atoms with Crippen LogP contribution >= 0.6 is 11.8 Å². The number of thioether (sulfide) groups is 1. The maximum Gasteiger partial charge on any atom is 0.340 e. The second-order valence-electron chi connectivity index (χ2n) is 4.13. The molecule has 0 amide bonds. The van der Waals surface area contributed by atoms with Crippen LogP contribution in [-0.4, -0.2) is 47.2 Å².